The van der Waals surface area contributed by atoms with Crippen LogP contribution in [0.3, 0.4) is 0 Å². The fourth-order valence-corrected chi connectivity index (χ4v) is 4.58. The number of amides is 1. The van der Waals surface area contributed by atoms with E-state index in [-0.39, 0.29) is 5.91 Å². The molecule has 1 N–H and O–H groups in total. The summed E-state index contributed by atoms with van der Waals surface area (Å²) < 4.78 is 1.17. The summed E-state index contributed by atoms with van der Waals surface area (Å²) in [7, 11) is 0. The number of nitrogens with one attached hydrogen (secondary N) is 1. The monoisotopic (exact) mass is 351 g/mol. The molecule has 1 saturated carbocycles. The van der Waals surface area contributed by atoms with Gasteiger partial charge < -0.3 is 5.32 Å². The first-order valence-electron chi connectivity index (χ1n) is 7.14. The predicted octanol–water partition coefficient (Wildman–Crippen LogP) is 4.58. The van der Waals surface area contributed by atoms with Crippen molar-refractivity contribution in [3.05, 3.63) is 35.2 Å². The molecule has 1 aromatic carbocycles. The number of halogens is 1. The topological polar surface area (TPSA) is 29.1 Å². The van der Waals surface area contributed by atoms with Gasteiger partial charge in [-0.05, 0) is 24.8 Å². The van der Waals surface area contributed by atoms with Gasteiger partial charge in [-0.15, -0.1) is 11.3 Å². The molecule has 0 radical (unpaired) electrons. The quantitative estimate of drug-likeness (QED) is 0.805. The number of rotatable bonds is 3. The van der Waals surface area contributed by atoms with Crippen molar-refractivity contribution in [2.45, 2.75) is 30.5 Å². The van der Waals surface area contributed by atoms with Crippen molar-refractivity contribution < 1.29 is 4.79 Å². The molecule has 1 aliphatic rings. The van der Waals surface area contributed by atoms with E-state index < -0.39 is 0 Å². The van der Waals surface area contributed by atoms with Gasteiger partial charge in [-0.1, -0.05) is 47.0 Å². The van der Waals surface area contributed by atoms with Crippen LogP contribution in [0.1, 0.15) is 36.0 Å². The van der Waals surface area contributed by atoms with E-state index in [1.165, 1.54) is 30.4 Å². The zero-order valence-electron chi connectivity index (χ0n) is 11.3. The summed E-state index contributed by atoms with van der Waals surface area (Å²) in [6, 6.07) is 8.08. The number of carbonyl (C=O) groups is 1. The van der Waals surface area contributed by atoms with E-state index in [9.17, 15) is 4.79 Å². The van der Waals surface area contributed by atoms with Gasteiger partial charge >= 0.3 is 0 Å². The largest absolute Gasteiger partial charge is 0.352 e. The molecular formula is C16H18BrNOS. The van der Waals surface area contributed by atoms with Crippen LogP contribution in [-0.4, -0.2) is 17.3 Å². The predicted molar refractivity (Wildman–Crippen MR) is 88.8 cm³/mol. The van der Waals surface area contributed by atoms with Crippen LogP contribution < -0.4 is 5.32 Å². The first kappa shape index (κ1) is 14.1. The summed E-state index contributed by atoms with van der Waals surface area (Å²) in [5.74, 6) is 0.630. The van der Waals surface area contributed by atoms with E-state index >= 15 is 0 Å². The molecule has 20 heavy (non-hydrogen) atoms. The molecule has 3 rings (SSSR count). The molecule has 2 unspecified atom stereocenters. The zero-order valence-corrected chi connectivity index (χ0v) is 13.7. The second kappa shape index (κ2) is 6.27. The maximum absolute atomic E-state index is 12.3. The number of alkyl halides is 1. The number of fused-ring (bicyclic) bond motifs is 1. The highest BCUT2D eigenvalue weighted by atomic mass is 79.9. The maximum atomic E-state index is 12.3. The van der Waals surface area contributed by atoms with E-state index in [2.05, 4.69) is 27.3 Å². The van der Waals surface area contributed by atoms with E-state index in [0.29, 0.717) is 10.7 Å². The van der Waals surface area contributed by atoms with E-state index in [1.54, 1.807) is 11.3 Å². The highest BCUT2D eigenvalue weighted by molar-refractivity contribution is 9.09. The molecular weight excluding hydrogens is 334 g/mol. The van der Waals surface area contributed by atoms with Crippen LogP contribution >= 0.6 is 27.3 Å². The Kier molecular flexibility index (Phi) is 4.41. The standard InChI is InChI=1S/C16H18BrNOS/c17-14-7-3-1-5-11(14)9-18-16(19)13-10-20-15-8-4-2-6-12(13)15/h2,4,6,8,10-11,14H,1,3,5,7,9H2,(H,18,19). The molecule has 1 fully saturated rings. The van der Waals surface area contributed by atoms with Crippen molar-refractivity contribution in [2.75, 3.05) is 6.54 Å². The Morgan fingerprint density at radius 1 is 1.30 bits per heavy atom. The van der Waals surface area contributed by atoms with Crippen molar-refractivity contribution in [2.24, 2.45) is 5.92 Å². The van der Waals surface area contributed by atoms with Gasteiger partial charge in [-0.2, -0.15) is 0 Å². The lowest BCUT2D eigenvalue weighted by atomic mass is 9.89. The summed E-state index contributed by atoms with van der Waals surface area (Å²) in [5.41, 5.74) is 0.813. The minimum absolute atomic E-state index is 0.0627. The molecule has 1 aromatic heterocycles. The SMILES string of the molecule is O=C(NCC1CCCCC1Br)c1csc2ccccc12. The smallest absolute Gasteiger partial charge is 0.252 e. The Labute approximate surface area is 131 Å². The van der Waals surface area contributed by atoms with Crippen LogP contribution in [0.25, 0.3) is 10.1 Å². The fraction of sp³-hybridized carbons (Fsp3) is 0.438. The van der Waals surface area contributed by atoms with Crippen molar-refractivity contribution in [3.8, 4) is 0 Å². The van der Waals surface area contributed by atoms with Crippen LogP contribution in [0.4, 0.5) is 0 Å². The second-order valence-corrected chi connectivity index (χ2v) is 7.50. The third-order valence-electron chi connectivity index (χ3n) is 4.07. The van der Waals surface area contributed by atoms with Crippen LogP contribution in [0, 0.1) is 5.92 Å². The molecule has 4 heteroatoms. The molecule has 0 spiro atoms. The molecule has 2 aromatic rings. The Hall–Kier alpha value is -0.870. The Morgan fingerprint density at radius 3 is 2.95 bits per heavy atom. The van der Waals surface area contributed by atoms with Gasteiger partial charge in [0.1, 0.15) is 0 Å². The number of hydrogen-bond acceptors (Lipinski definition) is 2. The molecule has 2 nitrogen and oxygen atoms in total. The first-order chi connectivity index (χ1) is 9.75. The molecule has 0 saturated heterocycles. The van der Waals surface area contributed by atoms with Crippen LogP contribution in [0.15, 0.2) is 29.6 Å². The van der Waals surface area contributed by atoms with Crippen molar-refractivity contribution in [1.29, 1.82) is 0 Å². The van der Waals surface area contributed by atoms with Crippen LogP contribution in [0.5, 0.6) is 0 Å². The minimum atomic E-state index is 0.0627. The first-order valence-corrected chi connectivity index (χ1v) is 8.94. The van der Waals surface area contributed by atoms with Gasteiger partial charge in [0, 0.05) is 26.8 Å². The van der Waals surface area contributed by atoms with Crippen LogP contribution in [0.2, 0.25) is 0 Å². The average Bonchev–Trinajstić information content (AvgIpc) is 2.90. The highest BCUT2D eigenvalue weighted by Gasteiger charge is 2.23. The molecule has 0 bridgehead atoms. The number of carbonyl (C=O) groups excluding carboxylic acids is 1. The molecule has 106 valence electrons. The van der Waals surface area contributed by atoms with Crippen molar-refractivity contribution in [3.63, 3.8) is 0 Å². The zero-order chi connectivity index (χ0) is 13.9. The summed E-state index contributed by atoms with van der Waals surface area (Å²) >= 11 is 5.38. The molecule has 1 aliphatic carbocycles. The lowest BCUT2D eigenvalue weighted by Gasteiger charge is -2.27. The summed E-state index contributed by atoms with van der Waals surface area (Å²) in [4.78, 5) is 12.9. The van der Waals surface area contributed by atoms with Crippen molar-refractivity contribution >= 4 is 43.3 Å². The van der Waals surface area contributed by atoms with Gasteiger partial charge in [0.15, 0.2) is 0 Å². The maximum Gasteiger partial charge on any atom is 0.252 e. The van der Waals surface area contributed by atoms with E-state index in [0.717, 1.165) is 17.5 Å². The minimum Gasteiger partial charge on any atom is -0.352 e. The summed E-state index contributed by atoms with van der Waals surface area (Å²) in [6.07, 6.45) is 5.02. The Balaban J connectivity index is 1.67. The Bertz CT molecular complexity index is 609. The average molecular weight is 352 g/mol. The third kappa shape index (κ3) is 2.91. The molecule has 1 amide bonds. The molecule has 0 aliphatic heterocycles. The lowest BCUT2D eigenvalue weighted by molar-refractivity contribution is 0.0946. The summed E-state index contributed by atoms with van der Waals surface area (Å²) in [5, 5.41) is 6.14. The fourth-order valence-electron chi connectivity index (χ4n) is 2.87. The van der Waals surface area contributed by atoms with Crippen LogP contribution in [-0.2, 0) is 0 Å². The number of hydrogen-bond donors (Lipinski definition) is 1. The second-order valence-electron chi connectivity index (χ2n) is 5.42. The number of benzene rings is 1. The van der Waals surface area contributed by atoms with Gasteiger partial charge in [0.2, 0.25) is 0 Å². The number of thiophene rings is 1. The van der Waals surface area contributed by atoms with Gasteiger partial charge in [0.25, 0.3) is 5.91 Å². The molecule has 1 heterocycles. The van der Waals surface area contributed by atoms with E-state index in [4.69, 9.17) is 0 Å². The van der Waals surface area contributed by atoms with Gasteiger partial charge in [-0.3, -0.25) is 4.79 Å². The molecule has 2 atom stereocenters. The van der Waals surface area contributed by atoms with E-state index in [1.807, 2.05) is 23.6 Å². The highest BCUT2D eigenvalue weighted by Crippen LogP contribution is 2.30. The van der Waals surface area contributed by atoms with Gasteiger partial charge in [0.05, 0.1) is 5.56 Å². The normalized spacial score (nSPS) is 22.9. The summed E-state index contributed by atoms with van der Waals surface area (Å²) in [6.45, 7) is 0.777. The van der Waals surface area contributed by atoms with Crippen molar-refractivity contribution in [1.82, 2.24) is 5.32 Å². The Morgan fingerprint density at radius 2 is 2.10 bits per heavy atom. The van der Waals surface area contributed by atoms with Gasteiger partial charge in [-0.25, -0.2) is 0 Å². The third-order valence-corrected chi connectivity index (χ3v) is 6.24. The lowest BCUT2D eigenvalue weighted by Crippen LogP contribution is -2.34.